The monoisotopic (exact) mass is 462 g/mol. The molecule has 0 aliphatic carbocycles. The average molecular weight is 463 g/mol. The molecule has 1 saturated heterocycles. The number of alkyl halides is 3. The lowest BCUT2D eigenvalue weighted by Crippen LogP contribution is -2.50. The molecule has 30 heavy (non-hydrogen) atoms. The Labute approximate surface area is 176 Å². The molecule has 0 unspecified atom stereocenters. The molecule has 162 valence electrons. The van der Waals surface area contributed by atoms with Gasteiger partial charge in [-0.25, -0.2) is 8.42 Å². The van der Waals surface area contributed by atoms with Crippen LogP contribution in [0.2, 0.25) is 5.02 Å². The van der Waals surface area contributed by atoms with Crippen LogP contribution in [-0.2, 0) is 28.0 Å². The predicted octanol–water partition coefficient (Wildman–Crippen LogP) is 2.64. The number of piperazine rings is 1. The minimum Gasteiger partial charge on any atom is -0.337 e. The fraction of sp³-hybridized carbons (Fsp3) is 0.333. The number of amides is 1. The third kappa shape index (κ3) is 4.85. The fourth-order valence-corrected chi connectivity index (χ4v) is 4.89. The van der Waals surface area contributed by atoms with Crippen LogP contribution in [0, 0.1) is 0 Å². The number of carbonyl (C=O) groups excluding carboxylic acids is 1. The van der Waals surface area contributed by atoms with Crippen molar-refractivity contribution in [2.24, 2.45) is 7.05 Å². The second-order valence-electron chi connectivity index (χ2n) is 6.65. The first-order valence-electron chi connectivity index (χ1n) is 8.81. The lowest BCUT2D eigenvalue weighted by Gasteiger charge is -2.33. The Balaban J connectivity index is 1.69. The standard InChI is InChI=1S/C18H18ClF3N4O3S/c1-24-12-13(11-23-24)2-5-17(27)25-6-8-26(9-7-25)30(28,29)16-10-14(18(20,21)22)3-4-15(16)19/h2-5,10-12H,6-9H2,1H3. The number of halogens is 4. The molecule has 1 aromatic heterocycles. The van der Waals surface area contributed by atoms with Gasteiger partial charge >= 0.3 is 6.18 Å². The van der Waals surface area contributed by atoms with Gasteiger partial charge in [0.15, 0.2) is 0 Å². The molecule has 1 amide bonds. The first-order chi connectivity index (χ1) is 14.0. The second-order valence-corrected chi connectivity index (χ2v) is 8.97. The molecule has 7 nitrogen and oxygen atoms in total. The van der Waals surface area contributed by atoms with Gasteiger partial charge in [-0.05, 0) is 24.3 Å². The van der Waals surface area contributed by atoms with Crippen LogP contribution >= 0.6 is 11.6 Å². The number of aromatic nitrogens is 2. The first kappa shape index (κ1) is 22.3. The summed E-state index contributed by atoms with van der Waals surface area (Å²) in [7, 11) is -2.50. The highest BCUT2D eigenvalue weighted by atomic mass is 35.5. The number of hydrogen-bond acceptors (Lipinski definition) is 4. The van der Waals surface area contributed by atoms with Gasteiger partial charge in [-0.1, -0.05) is 11.6 Å². The summed E-state index contributed by atoms with van der Waals surface area (Å²) >= 11 is 5.88. The zero-order chi connectivity index (χ0) is 22.1. The maximum Gasteiger partial charge on any atom is 0.416 e. The average Bonchev–Trinajstić information content (AvgIpc) is 3.10. The summed E-state index contributed by atoms with van der Waals surface area (Å²) < 4.78 is 67.1. The number of sulfonamides is 1. The molecule has 0 bridgehead atoms. The number of rotatable bonds is 4. The quantitative estimate of drug-likeness (QED) is 0.655. The Morgan fingerprint density at radius 3 is 2.43 bits per heavy atom. The van der Waals surface area contributed by atoms with Gasteiger partial charge in [-0.2, -0.15) is 22.6 Å². The molecule has 1 aliphatic heterocycles. The molecule has 2 aromatic rings. The third-order valence-corrected chi connectivity index (χ3v) is 6.95. The van der Waals surface area contributed by atoms with Gasteiger partial charge in [0.2, 0.25) is 15.9 Å². The normalized spacial score (nSPS) is 16.4. The van der Waals surface area contributed by atoms with E-state index in [0.717, 1.165) is 22.0 Å². The van der Waals surface area contributed by atoms with Gasteiger partial charge in [0.1, 0.15) is 4.90 Å². The van der Waals surface area contributed by atoms with Gasteiger partial charge in [-0.3, -0.25) is 9.48 Å². The van der Waals surface area contributed by atoms with Crippen molar-refractivity contribution in [2.75, 3.05) is 26.2 Å². The molecule has 12 heteroatoms. The van der Waals surface area contributed by atoms with Crippen molar-refractivity contribution in [1.82, 2.24) is 19.0 Å². The minimum atomic E-state index is -4.69. The molecule has 0 atom stereocenters. The van der Waals surface area contributed by atoms with Gasteiger partial charge in [0.25, 0.3) is 0 Å². The van der Waals surface area contributed by atoms with Crippen LogP contribution in [0.15, 0.2) is 41.6 Å². The van der Waals surface area contributed by atoms with Crippen molar-refractivity contribution in [3.63, 3.8) is 0 Å². The van der Waals surface area contributed by atoms with E-state index in [-0.39, 0.29) is 37.1 Å². The second kappa shape index (κ2) is 8.40. The van der Waals surface area contributed by atoms with Crippen LogP contribution in [0.25, 0.3) is 6.08 Å². The van der Waals surface area contributed by atoms with E-state index in [2.05, 4.69) is 5.10 Å². The summed E-state index contributed by atoms with van der Waals surface area (Å²) in [4.78, 5) is 13.2. The highest BCUT2D eigenvalue weighted by molar-refractivity contribution is 7.89. The van der Waals surface area contributed by atoms with E-state index in [0.29, 0.717) is 6.07 Å². The number of benzene rings is 1. The van der Waals surface area contributed by atoms with Crippen LogP contribution in [0.3, 0.4) is 0 Å². The zero-order valence-electron chi connectivity index (χ0n) is 15.8. The molecule has 3 rings (SSSR count). The molecule has 1 aromatic carbocycles. The number of aryl methyl sites for hydroxylation is 1. The van der Waals surface area contributed by atoms with Crippen molar-refractivity contribution >= 4 is 33.6 Å². The lowest BCUT2D eigenvalue weighted by atomic mass is 10.2. The Hall–Kier alpha value is -2.37. The number of nitrogens with zero attached hydrogens (tertiary/aromatic N) is 4. The first-order valence-corrected chi connectivity index (χ1v) is 10.6. The summed E-state index contributed by atoms with van der Waals surface area (Å²) in [6.45, 7) is 0.0980. The summed E-state index contributed by atoms with van der Waals surface area (Å²) in [5.74, 6) is -0.298. The highest BCUT2D eigenvalue weighted by Crippen LogP contribution is 2.34. The molecule has 1 fully saturated rings. The molecule has 0 radical (unpaired) electrons. The Morgan fingerprint density at radius 1 is 1.20 bits per heavy atom. The summed E-state index contributed by atoms with van der Waals surface area (Å²) in [6, 6.07) is 2.18. The van der Waals surface area contributed by atoms with Crippen LogP contribution in [0.4, 0.5) is 13.2 Å². The zero-order valence-corrected chi connectivity index (χ0v) is 17.4. The van der Waals surface area contributed by atoms with Gasteiger partial charge in [-0.15, -0.1) is 0 Å². The van der Waals surface area contributed by atoms with Crippen LogP contribution in [0.1, 0.15) is 11.1 Å². The van der Waals surface area contributed by atoms with E-state index in [1.54, 1.807) is 30.2 Å². The van der Waals surface area contributed by atoms with E-state index in [9.17, 15) is 26.4 Å². The Morgan fingerprint density at radius 2 is 1.87 bits per heavy atom. The van der Waals surface area contributed by atoms with Crippen molar-refractivity contribution in [2.45, 2.75) is 11.1 Å². The number of carbonyl (C=O) groups is 1. The van der Waals surface area contributed by atoms with E-state index in [1.807, 2.05) is 0 Å². The lowest BCUT2D eigenvalue weighted by molar-refractivity contribution is -0.137. The fourth-order valence-electron chi connectivity index (χ4n) is 2.96. The van der Waals surface area contributed by atoms with Gasteiger partial charge in [0, 0.05) is 51.1 Å². The Bertz CT molecular complexity index is 1070. The number of hydrogen-bond donors (Lipinski definition) is 0. The van der Waals surface area contributed by atoms with E-state index in [1.165, 1.54) is 11.0 Å². The Kier molecular flexibility index (Phi) is 6.25. The van der Waals surface area contributed by atoms with Crippen molar-refractivity contribution in [1.29, 1.82) is 0 Å². The van der Waals surface area contributed by atoms with Crippen LogP contribution in [0.5, 0.6) is 0 Å². The maximum absolute atomic E-state index is 13.0. The molecular formula is C18H18ClF3N4O3S. The highest BCUT2D eigenvalue weighted by Gasteiger charge is 2.35. The topological polar surface area (TPSA) is 75.5 Å². The van der Waals surface area contributed by atoms with Gasteiger partial charge < -0.3 is 4.90 Å². The maximum atomic E-state index is 13.0. The van der Waals surface area contributed by atoms with Gasteiger partial charge in [0.05, 0.1) is 16.8 Å². The predicted molar refractivity (Wildman–Crippen MR) is 104 cm³/mol. The van der Waals surface area contributed by atoms with E-state index < -0.39 is 26.7 Å². The molecule has 2 heterocycles. The molecule has 1 aliphatic rings. The summed E-state index contributed by atoms with van der Waals surface area (Å²) in [6.07, 6.45) is 1.59. The molecular weight excluding hydrogens is 445 g/mol. The van der Waals surface area contributed by atoms with E-state index in [4.69, 9.17) is 11.6 Å². The van der Waals surface area contributed by atoms with Crippen LogP contribution in [-0.4, -0.2) is 59.5 Å². The van der Waals surface area contributed by atoms with Crippen molar-refractivity contribution < 1.29 is 26.4 Å². The molecule has 0 saturated carbocycles. The van der Waals surface area contributed by atoms with Crippen LogP contribution < -0.4 is 0 Å². The van der Waals surface area contributed by atoms with Crippen molar-refractivity contribution in [3.05, 3.63) is 52.8 Å². The largest absolute Gasteiger partial charge is 0.416 e. The summed E-state index contributed by atoms with van der Waals surface area (Å²) in [5.41, 5.74) is -0.355. The third-order valence-electron chi connectivity index (χ3n) is 4.57. The van der Waals surface area contributed by atoms with E-state index >= 15 is 0 Å². The smallest absolute Gasteiger partial charge is 0.337 e. The molecule has 0 N–H and O–H groups in total. The SMILES string of the molecule is Cn1cc(C=CC(=O)N2CCN(S(=O)(=O)c3cc(C(F)(F)F)ccc3Cl)CC2)cn1. The molecule has 0 spiro atoms. The summed E-state index contributed by atoms with van der Waals surface area (Å²) in [5, 5.41) is 3.70. The van der Waals surface area contributed by atoms with Crippen molar-refractivity contribution in [3.8, 4) is 0 Å². The minimum absolute atomic E-state index is 0.0542.